The molecule has 0 saturated carbocycles. The fourth-order valence-corrected chi connectivity index (χ4v) is 4.88. The normalized spacial score (nSPS) is 15.3. The highest BCUT2D eigenvalue weighted by molar-refractivity contribution is 6.50. The number of rotatable bonds is 2. The van der Waals surface area contributed by atoms with Gasteiger partial charge in [0.25, 0.3) is 0 Å². The molecule has 6 rings (SSSR count). The zero-order valence-corrected chi connectivity index (χ0v) is 17.5. The quantitative estimate of drug-likeness (QED) is 0.270. The number of allylic oxidation sites excluding steroid dienone is 5. The van der Waals surface area contributed by atoms with Crippen molar-refractivity contribution in [3.8, 4) is 11.1 Å². The van der Waals surface area contributed by atoms with Crippen molar-refractivity contribution in [2.24, 2.45) is 0 Å². The summed E-state index contributed by atoms with van der Waals surface area (Å²) in [6.45, 7) is 0. The highest BCUT2D eigenvalue weighted by atomic mass is 14.7. The second kappa shape index (κ2) is 7.24. The van der Waals surface area contributed by atoms with E-state index in [1.165, 1.54) is 27.6 Å². The summed E-state index contributed by atoms with van der Waals surface area (Å²) >= 11 is 0. The molecule has 0 aliphatic heterocycles. The Balaban J connectivity index is 1.72. The lowest BCUT2D eigenvalue weighted by atomic mass is 9.84. The minimum absolute atomic E-state index is 0.241. The third-order valence-electron chi connectivity index (χ3n) is 6.38. The topological polar surface area (TPSA) is 60.6 Å². The molecule has 0 spiro atoms. The lowest BCUT2D eigenvalue weighted by Gasteiger charge is -2.20. The van der Waals surface area contributed by atoms with Crippen LogP contribution in [0, 0.1) is 10.8 Å². The number of fused-ring (bicyclic) bond motifs is 3. The molecule has 2 aliphatic carbocycles. The van der Waals surface area contributed by atoms with E-state index in [4.69, 9.17) is 15.8 Å². The molecule has 0 bridgehead atoms. The van der Waals surface area contributed by atoms with E-state index in [9.17, 15) is 0 Å². The van der Waals surface area contributed by atoms with Gasteiger partial charge >= 0.3 is 0 Å². The molecule has 152 valence electrons. The molecule has 3 heteroatoms. The fourth-order valence-electron chi connectivity index (χ4n) is 4.88. The first kappa shape index (κ1) is 18.6. The number of hydrogen-bond donors (Lipinski definition) is 2. The first-order chi connectivity index (χ1) is 15.7. The molecule has 1 aromatic heterocycles. The maximum absolute atomic E-state index is 8.19. The smallest absolute Gasteiger partial charge is 0.0795 e. The van der Waals surface area contributed by atoms with Crippen LogP contribution in [0.4, 0.5) is 0 Å². The predicted octanol–water partition coefficient (Wildman–Crippen LogP) is 7.01. The van der Waals surface area contributed by atoms with Crippen LogP contribution in [0.2, 0.25) is 0 Å². The Morgan fingerprint density at radius 3 is 2.03 bits per heavy atom. The number of aryl methyl sites for hydroxylation is 1. The van der Waals surface area contributed by atoms with Crippen LogP contribution in [0.1, 0.15) is 23.2 Å². The summed E-state index contributed by atoms with van der Waals surface area (Å²) in [5.74, 6) is 0. The van der Waals surface area contributed by atoms with E-state index in [1.54, 1.807) is 6.08 Å². The van der Waals surface area contributed by atoms with E-state index >= 15 is 0 Å². The second-order valence-corrected chi connectivity index (χ2v) is 8.30. The highest BCUT2D eigenvalue weighted by Gasteiger charge is 2.19. The average Bonchev–Trinajstić information content (AvgIpc) is 2.84. The summed E-state index contributed by atoms with van der Waals surface area (Å²) in [4.78, 5) is 4.81. The van der Waals surface area contributed by atoms with Crippen LogP contribution in [0.3, 0.4) is 0 Å². The zero-order valence-electron chi connectivity index (χ0n) is 17.5. The number of nitrogens with one attached hydrogen (secondary N) is 2. The van der Waals surface area contributed by atoms with Crippen LogP contribution in [0.5, 0.6) is 0 Å². The van der Waals surface area contributed by atoms with E-state index in [-0.39, 0.29) is 11.4 Å². The van der Waals surface area contributed by atoms with Crippen molar-refractivity contribution in [2.45, 2.75) is 12.8 Å². The van der Waals surface area contributed by atoms with E-state index in [0.717, 1.165) is 40.3 Å². The van der Waals surface area contributed by atoms with Gasteiger partial charge in [-0.3, -0.25) is 15.8 Å². The van der Waals surface area contributed by atoms with Crippen LogP contribution >= 0.6 is 0 Å². The third kappa shape index (κ3) is 2.86. The number of hydrogen-bond acceptors (Lipinski definition) is 3. The van der Waals surface area contributed by atoms with Gasteiger partial charge in [0.1, 0.15) is 0 Å². The lowest BCUT2D eigenvalue weighted by molar-refractivity contribution is 0.928. The second-order valence-electron chi connectivity index (χ2n) is 8.30. The van der Waals surface area contributed by atoms with Crippen LogP contribution < -0.4 is 0 Å². The molecule has 2 N–H and O–H groups in total. The summed E-state index contributed by atoms with van der Waals surface area (Å²) in [5, 5.41) is 20.7. The van der Waals surface area contributed by atoms with Crippen molar-refractivity contribution in [3.05, 3.63) is 102 Å². The number of benzene rings is 3. The van der Waals surface area contributed by atoms with Gasteiger partial charge in [-0.05, 0) is 74.9 Å². The molecule has 0 fully saturated rings. The molecule has 0 unspecified atom stereocenters. The van der Waals surface area contributed by atoms with Crippen molar-refractivity contribution in [2.75, 3.05) is 0 Å². The molecular weight excluding hydrogens is 390 g/mol. The van der Waals surface area contributed by atoms with Crippen molar-refractivity contribution in [3.63, 3.8) is 0 Å². The molecular formula is C29H21N3. The monoisotopic (exact) mass is 411 g/mol. The van der Waals surface area contributed by atoms with Gasteiger partial charge < -0.3 is 0 Å². The van der Waals surface area contributed by atoms with E-state index in [1.807, 2.05) is 18.3 Å². The molecule has 4 aromatic rings. The standard InChI is InChI=1S/C29H21N3/c30-25-14-13-19(16-26(25)31)28-21-8-2-4-10-23(21)29(24-11-5-3-9-22(24)28)20-15-18-7-1-6-12-27(18)32-17-20/h1-5,7-11,13-17,30-31H,6,12H2. The number of pyridine rings is 1. The molecule has 0 radical (unpaired) electrons. The molecule has 1 heterocycles. The summed E-state index contributed by atoms with van der Waals surface area (Å²) < 4.78 is 0. The van der Waals surface area contributed by atoms with Gasteiger partial charge in [0.05, 0.1) is 11.4 Å². The van der Waals surface area contributed by atoms with Gasteiger partial charge in [-0.25, -0.2) is 0 Å². The van der Waals surface area contributed by atoms with Gasteiger partial charge in [-0.1, -0.05) is 66.8 Å². The van der Waals surface area contributed by atoms with Gasteiger partial charge in [-0.15, -0.1) is 0 Å². The third-order valence-corrected chi connectivity index (χ3v) is 6.38. The van der Waals surface area contributed by atoms with Gasteiger partial charge in [0.15, 0.2) is 0 Å². The summed E-state index contributed by atoms with van der Waals surface area (Å²) in [6, 6.07) is 19.2. The lowest BCUT2D eigenvalue weighted by Crippen LogP contribution is -2.10. The maximum atomic E-state index is 8.19. The highest BCUT2D eigenvalue weighted by Crippen LogP contribution is 2.42. The Morgan fingerprint density at radius 2 is 1.38 bits per heavy atom. The fraction of sp³-hybridized carbons (Fsp3) is 0.0690. The van der Waals surface area contributed by atoms with E-state index in [0.29, 0.717) is 0 Å². The van der Waals surface area contributed by atoms with E-state index < -0.39 is 0 Å². The number of nitrogens with zero attached hydrogens (tertiary/aromatic N) is 1. The Hall–Kier alpha value is -4.11. The molecule has 3 nitrogen and oxygen atoms in total. The summed E-state index contributed by atoms with van der Waals surface area (Å²) in [7, 11) is 0. The number of aromatic nitrogens is 1. The van der Waals surface area contributed by atoms with Crippen molar-refractivity contribution >= 4 is 44.6 Å². The minimum Gasteiger partial charge on any atom is -0.299 e. The summed E-state index contributed by atoms with van der Waals surface area (Å²) in [5.41, 5.74) is 7.25. The largest absolute Gasteiger partial charge is 0.299 e. The molecule has 0 atom stereocenters. The maximum Gasteiger partial charge on any atom is 0.0795 e. The van der Waals surface area contributed by atoms with Gasteiger partial charge in [0, 0.05) is 17.5 Å². The van der Waals surface area contributed by atoms with Crippen LogP contribution in [-0.2, 0) is 6.42 Å². The van der Waals surface area contributed by atoms with Gasteiger partial charge in [-0.2, -0.15) is 0 Å². The Kier molecular flexibility index (Phi) is 4.22. The molecule has 0 saturated heterocycles. The Bertz CT molecular complexity index is 1490. The van der Waals surface area contributed by atoms with Crippen LogP contribution in [0.15, 0.2) is 85.1 Å². The first-order valence-electron chi connectivity index (χ1n) is 10.9. The molecule has 0 amide bonds. The van der Waals surface area contributed by atoms with Gasteiger partial charge in [0.2, 0.25) is 0 Å². The zero-order chi connectivity index (χ0) is 21.7. The minimum atomic E-state index is 0.241. The average molecular weight is 412 g/mol. The first-order valence-corrected chi connectivity index (χ1v) is 10.9. The molecule has 2 aliphatic rings. The Labute approximate surface area is 186 Å². The van der Waals surface area contributed by atoms with Crippen molar-refractivity contribution in [1.29, 1.82) is 10.8 Å². The molecule has 32 heavy (non-hydrogen) atoms. The van der Waals surface area contributed by atoms with Crippen molar-refractivity contribution < 1.29 is 0 Å². The summed E-state index contributed by atoms with van der Waals surface area (Å²) in [6.07, 6.45) is 14.0. The Morgan fingerprint density at radius 1 is 0.719 bits per heavy atom. The van der Waals surface area contributed by atoms with E-state index in [2.05, 4.69) is 66.7 Å². The van der Waals surface area contributed by atoms with Crippen molar-refractivity contribution in [1.82, 2.24) is 4.98 Å². The SMILES string of the molecule is N=C1C=CC(c2c3ccccc3c(-c3cnc4c(c3)C=CCC4)c3ccccc23)=CC1=N. The predicted molar refractivity (Wildman–Crippen MR) is 135 cm³/mol. The van der Waals surface area contributed by atoms with Crippen LogP contribution in [0.25, 0.3) is 44.3 Å². The van der Waals surface area contributed by atoms with Crippen LogP contribution in [-0.4, -0.2) is 16.4 Å². The molecule has 3 aromatic carbocycles.